The second kappa shape index (κ2) is 9.72. The van der Waals surface area contributed by atoms with Gasteiger partial charge >= 0.3 is 5.97 Å². The van der Waals surface area contributed by atoms with E-state index in [0.29, 0.717) is 10.7 Å². The minimum absolute atomic E-state index is 0.112. The van der Waals surface area contributed by atoms with Crippen LogP contribution in [0.2, 0.25) is 5.02 Å². The molecule has 0 aliphatic rings. The highest BCUT2D eigenvalue weighted by Gasteiger charge is 2.14. The summed E-state index contributed by atoms with van der Waals surface area (Å²) >= 11 is 5.99. The molecule has 1 heterocycles. The maximum atomic E-state index is 11.9. The van der Waals surface area contributed by atoms with Gasteiger partial charge < -0.3 is 15.4 Å². The molecule has 0 aliphatic heterocycles. The first kappa shape index (κ1) is 20.4. The smallest absolute Gasteiger partial charge is 0.359 e. The molecule has 0 saturated carbocycles. The number of carbonyl (C=O) groups excluding carboxylic acids is 3. The fraction of sp³-hybridized carbons (Fsp3) is 0.333. The number of anilines is 1. The number of aryl methyl sites for hydroxylation is 1. The summed E-state index contributed by atoms with van der Waals surface area (Å²) in [5, 5.41) is 12.1. The lowest BCUT2D eigenvalue weighted by Crippen LogP contribution is -2.35. The summed E-state index contributed by atoms with van der Waals surface area (Å²) in [5.74, 6) is -1.72. The number of amides is 2. The molecule has 2 amide bonds. The Morgan fingerprint density at radius 1 is 1.26 bits per heavy atom. The summed E-state index contributed by atoms with van der Waals surface area (Å²) in [6.07, 6.45) is 1.68. The van der Waals surface area contributed by atoms with Crippen LogP contribution in [0.15, 0.2) is 24.3 Å². The van der Waals surface area contributed by atoms with Crippen LogP contribution < -0.4 is 10.6 Å². The number of hydrogen-bond acceptors (Lipinski definition) is 5. The average molecular weight is 393 g/mol. The number of aromatic amines is 1. The maximum Gasteiger partial charge on any atom is 0.359 e. The first-order chi connectivity index (χ1) is 12.9. The molecule has 0 saturated heterocycles. The number of aromatic nitrogens is 2. The monoisotopic (exact) mass is 392 g/mol. The lowest BCUT2D eigenvalue weighted by Gasteiger charge is -2.10. The molecular weight excluding hydrogens is 372 g/mol. The molecule has 1 aromatic heterocycles. The van der Waals surface area contributed by atoms with E-state index in [2.05, 4.69) is 20.8 Å². The number of rotatable bonds is 8. The van der Waals surface area contributed by atoms with E-state index in [1.807, 2.05) is 6.92 Å². The third-order valence-corrected chi connectivity index (χ3v) is 4.09. The minimum Gasteiger partial charge on any atom is -0.451 e. The highest BCUT2D eigenvalue weighted by Crippen LogP contribution is 2.22. The molecule has 1 aromatic carbocycles. The molecule has 3 N–H and O–H groups in total. The lowest BCUT2D eigenvalue weighted by molar-refractivity contribution is -0.126. The van der Waals surface area contributed by atoms with Crippen molar-refractivity contribution in [2.24, 2.45) is 0 Å². The normalized spacial score (nSPS) is 10.3. The van der Waals surface area contributed by atoms with E-state index in [0.717, 1.165) is 24.1 Å². The topological polar surface area (TPSA) is 113 Å². The number of carbonyl (C=O) groups is 3. The molecule has 8 nitrogen and oxygen atoms in total. The standard InChI is InChI=1S/C18H21ClN4O4/c1-3-5-12-8-15(23-22-12)18(26)27-10-17(25)20-9-16(24)21-14-7-4-6-13(19)11(14)2/h4,6-8H,3,5,9-10H2,1-2H3,(H,20,25)(H,21,24)(H,22,23). The molecule has 0 unspecified atom stereocenters. The van der Waals surface area contributed by atoms with Crippen molar-refractivity contribution >= 4 is 35.1 Å². The summed E-state index contributed by atoms with van der Waals surface area (Å²) < 4.78 is 4.88. The Morgan fingerprint density at radius 2 is 2.04 bits per heavy atom. The number of nitrogens with zero attached hydrogens (tertiary/aromatic N) is 1. The molecule has 9 heteroatoms. The number of esters is 1. The number of benzene rings is 1. The molecular formula is C18H21ClN4O4. The zero-order valence-corrected chi connectivity index (χ0v) is 15.9. The number of nitrogens with one attached hydrogen (secondary N) is 3. The van der Waals surface area contributed by atoms with E-state index in [1.165, 1.54) is 0 Å². The first-order valence-corrected chi connectivity index (χ1v) is 8.81. The second-order valence-electron chi connectivity index (χ2n) is 5.84. The summed E-state index contributed by atoms with van der Waals surface area (Å²) in [6, 6.07) is 6.72. The minimum atomic E-state index is -0.706. The summed E-state index contributed by atoms with van der Waals surface area (Å²) in [5.41, 5.74) is 2.23. The van der Waals surface area contributed by atoms with Crippen LogP contribution in [0.5, 0.6) is 0 Å². The number of H-pyrrole nitrogens is 1. The summed E-state index contributed by atoms with van der Waals surface area (Å²) in [4.78, 5) is 35.5. The van der Waals surface area contributed by atoms with Gasteiger partial charge in [0.05, 0.1) is 6.54 Å². The van der Waals surface area contributed by atoms with Gasteiger partial charge in [-0.05, 0) is 37.1 Å². The Hall–Kier alpha value is -2.87. The molecule has 0 spiro atoms. The Kier molecular flexibility index (Phi) is 7.36. The highest BCUT2D eigenvalue weighted by atomic mass is 35.5. The van der Waals surface area contributed by atoms with Gasteiger partial charge in [0.25, 0.3) is 5.91 Å². The number of halogens is 1. The molecule has 2 aromatic rings. The molecule has 27 heavy (non-hydrogen) atoms. The van der Waals surface area contributed by atoms with Gasteiger partial charge in [-0.2, -0.15) is 5.10 Å². The number of ether oxygens (including phenoxy) is 1. The van der Waals surface area contributed by atoms with E-state index in [4.69, 9.17) is 16.3 Å². The van der Waals surface area contributed by atoms with Crippen molar-refractivity contribution in [3.05, 3.63) is 46.2 Å². The van der Waals surface area contributed by atoms with Crippen molar-refractivity contribution in [1.29, 1.82) is 0 Å². The van der Waals surface area contributed by atoms with Crippen LogP contribution in [-0.4, -0.2) is 41.1 Å². The molecule has 144 valence electrons. The van der Waals surface area contributed by atoms with Gasteiger partial charge in [-0.15, -0.1) is 0 Å². The predicted octanol–water partition coefficient (Wildman–Crippen LogP) is 2.24. The number of hydrogen-bond donors (Lipinski definition) is 3. The van der Waals surface area contributed by atoms with Crippen molar-refractivity contribution < 1.29 is 19.1 Å². The SMILES string of the molecule is CCCc1cc(C(=O)OCC(=O)NCC(=O)Nc2cccc(Cl)c2C)n[nH]1. The van der Waals surface area contributed by atoms with Gasteiger partial charge in [0, 0.05) is 16.4 Å². The van der Waals surface area contributed by atoms with Gasteiger partial charge in [-0.25, -0.2) is 4.79 Å². The van der Waals surface area contributed by atoms with E-state index in [9.17, 15) is 14.4 Å². The van der Waals surface area contributed by atoms with Gasteiger partial charge in [0.15, 0.2) is 12.3 Å². The van der Waals surface area contributed by atoms with Crippen LogP contribution >= 0.6 is 11.6 Å². The van der Waals surface area contributed by atoms with Crippen LogP contribution in [0.25, 0.3) is 0 Å². The van der Waals surface area contributed by atoms with Crippen molar-refractivity contribution in [3.63, 3.8) is 0 Å². The molecule has 0 bridgehead atoms. The Balaban J connectivity index is 1.74. The highest BCUT2D eigenvalue weighted by molar-refractivity contribution is 6.31. The summed E-state index contributed by atoms with van der Waals surface area (Å²) in [7, 11) is 0. The Morgan fingerprint density at radius 3 is 2.78 bits per heavy atom. The van der Waals surface area contributed by atoms with Crippen molar-refractivity contribution in [2.75, 3.05) is 18.5 Å². The van der Waals surface area contributed by atoms with Crippen LogP contribution in [0.1, 0.15) is 35.1 Å². The second-order valence-corrected chi connectivity index (χ2v) is 6.25. The molecule has 0 atom stereocenters. The van der Waals surface area contributed by atoms with E-state index >= 15 is 0 Å². The van der Waals surface area contributed by atoms with Gasteiger partial charge in [-0.1, -0.05) is 31.0 Å². The third kappa shape index (κ3) is 6.10. The van der Waals surface area contributed by atoms with Gasteiger partial charge in [0.1, 0.15) is 0 Å². The van der Waals surface area contributed by atoms with E-state index in [1.54, 1.807) is 31.2 Å². The van der Waals surface area contributed by atoms with Crippen LogP contribution in [0.3, 0.4) is 0 Å². The van der Waals surface area contributed by atoms with E-state index in [-0.39, 0.29) is 12.2 Å². The predicted molar refractivity (Wildman–Crippen MR) is 101 cm³/mol. The van der Waals surface area contributed by atoms with Gasteiger partial charge in [0.2, 0.25) is 5.91 Å². The maximum absolute atomic E-state index is 11.9. The Bertz CT molecular complexity index is 835. The largest absolute Gasteiger partial charge is 0.451 e. The average Bonchev–Trinajstić information content (AvgIpc) is 3.11. The van der Waals surface area contributed by atoms with Crippen LogP contribution in [0, 0.1) is 6.92 Å². The fourth-order valence-corrected chi connectivity index (χ4v) is 2.41. The first-order valence-electron chi connectivity index (χ1n) is 8.43. The van der Waals surface area contributed by atoms with Crippen molar-refractivity contribution in [3.8, 4) is 0 Å². The zero-order chi connectivity index (χ0) is 19.8. The van der Waals surface area contributed by atoms with Crippen molar-refractivity contribution in [2.45, 2.75) is 26.7 Å². The Labute approximate surface area is 161 Å². The fourth-order valence-electron chi connectivity index (χ4n) is 2.24. The lowest BCUT2D eigenvalue weighted by atomic mass is 10.2. The third-order valence-electron chi connectivity index (χ3n) is 3.68. The zero-order valence-electron chi connectivity index (χ0n) is 15.1. The van der Waals surface area contributed by atoms with Crippen LogP contribution in [-0.2, 0) is 20.7 Å². The molecule has 0 radical (unpaired) electrons. The van der Waals surface area contributed by atoms with E-state index < -0.39 is 24.4 Å². The van der Waals surface area contributed by atoms with Gasteiger partial charge in [-0.3, -0.25) is 14.7 Å². The quantitative estimate of drug-likeness (QED) is 0.596. The van der Waals surface area contributed by atoms with Crippen molar-refractivity contribution in [1.82, 2.24) is 15.5 Å². The van der Waals surface area contributed by atoms with Crippen LogP contribution in [0.4, 0.5) is 5.69 Å². The molecule has 2 rings (SSSR count). The molecule has 0 aliphatic carbocycles. The molecule has 0 fully saturated rings. The summed E-state index contributed by atoms with van der Waals surface area (Å²) in [6.45, 7) is 3.02.